The third-order valence-electron chi connectivity index (χ3n) is 6.01. The van der Waals surface area contributed by atoms with Crippen LogP contribution in [0.15, 0.2) is 48.9 Å². The lowest BCUT2D eigenvalue weighted by Gasteiger charge is -2.34. The zero-order valence-electron chi connectivity index (χ0n) is 19.2. The van der Waals surface area contributed by atoms with Gasteiger partial charge >= 0.3 is 0 Å². The summed E-state index contributed by atoms with van der Waals surface area (Å²) in [5, 5.41) is 7.32. The van der Waals surface area contributed by atoms with Crippen LogP contribution in [0.5, 0.6) is 0 Å². The first-order valence-corrected chi connectivity index (χ1v) is 11.0. The van der Waals surface area contributed by atoms with Crippen LogP contribution in [-0.4, -0.2) is 46.1 Å². The van der Waals surface area contributed by atoms with E-state index < -0.39 is 6.67 Å². The van der Waals surface area contributed by atoms with Gasteiger partial charge in [-0.05, 0) is 37.6 Å². The number of fused-ring (bicyclic) bond motifs is 1. The Hall–Kier alpha value is -4.08. The summed E-state index contributed by atoms with van der Waals surface area (Å²) in [6.45, 7) is 4.30. The summed E-state index contributed by atoms with van der Waals surface area (Å²) in [5.41, 5.74) is 4.15. The highest BCUT2D eigenvalue weighted by atomic mass is 19.1. The van der Waals surface area contributed by atoms with E-state index in [-0.39, 0.29) is 11.9 Å². The predicted molar refractivity (Wildman–Crippen MR) is 125 cm³/mol. The third kappa shape index (κ3) is 4.02. The van der Waals surface area contributed by atoms with Crippen molar-refractivity contribution in [2.24, 2.45) is 7.05 Å². The molecular weight excluding hydrogens is 435 g/mol. The average molecular weight is 461 g/mol. The second kappa shape index (κ2) is 8.69. The number of halogens is 1. The van der Waals surface area contributed by atoms with Crippen molar-refractivity contribution < 1.29 is 9.18 Å². The zero-order chi connectivity index (χ0) is 23.8. The van der Waals surface area contributed by atoms with Gasteiger partial charge in [-0.15, -0.1) is 0 Å². The number of alkyl halides is 1. The molecule has 0 unspecified atom stereocenters. The molecule has 4 aromatic rings. The summed E-state index contributed by atoms with van der Waals surface area (Å²) in [7, 11) is 1.83. The highest BCUT2D eigenvalue weighted by Gasteiger charge is 2.31. The number of rotatable bonds is 6. The first-order valence-electron chi connectivity index (χ1n) is 11.0. The predicted octanol–water partition coefficient (Wildman–Crippen LogP) is 3.64. The Morgan fingerprint density at radius 2 is 2.03 bits per heavy atom. The fourth-order valence-corrected chi connectivity index (χ4v) is 4.20. The normalized spacial score (nSPS) is 15.5. The van der Waals surface area contributed by atoms with Crippen molar-refractivity contribution in [2.45, 2.75) is 39.7 Å². The Labute approximate surface area is 196 Å². The van der Waals surface area contributed by atoms with E-state index in [9.17, 15) is 9.18 Å². The monoisotopic (exact) mass is 460 g/mol. The van der Waals surface area contributed by atoms with Crippen LogP contribution in [-0.2, 0) is 26.8 Å². The van der Waals surface area contributed by atoms with E-state index in [0.717, 1.165) is 22.6 Å². The number of nitrogens with zero attached hydrogens (tertiary/aromatic N) is 7. The molecule has 0 radical (unpaired) electrons. The van der Waals surface area contributed by atoms with Crippen molar-refractivity contribution in [3.8, 4) is 11.3 Å². The summed E-state index contributed by atoms with van der Waals surface area (Å²) in [6.07, 6.45) is 5.42. The number of hydrogen-bond donors (Lipinski definition) is 1. The molecule has 0 spiro atoms. The van der Waals surface area contributed by atoms with Gasteiger partial charge in [0.05, 0.1) is 29.8 Å². The van der Waals surface area contributed by atoms with Crippen LogP contribution in [0.2, 0.25) is 0 Å². The van der Waals surface area contributed by atoms with Crippen molar-refractivity contribution in [1.82, 2.24) is 34.2 Å². The van der Waals surface area contributed by atoms with Crippen LogP contribution in [0, 0.1) is 6.92 Å². The number of pyridine rings is 1. The number of carbonyl (C=O) groups excluding carboxylic acids is 1. The van der Waals surface area contributed by atoms with Gasteiger partial charge in [-0.2, -0.15) is 5.10 Å². The van der Waals surface area contributed by atoms with E-state index >= 15 is 0 Å². The Balaban J connectivity index is 1.43. The molecule has 0 fully saturated rings. The summed E-state index contributed by atoms with van der Waals surface area (Å²) >= 11 is 0. The van der Waals surface area contributed by atoms with E-state index in [1.54, 1.807) is 34.1 Å². The van der Waals surface area contributed by atoms with E-state index in [2.05, 4.69) is 20.4 Å². The maximum atomic E-state index is 13.4. The van der Waals surface area contributed by atoms with Crippen LogP contribution in [0.3, 0.4) is 0 Å². The minimum Gasteiger partial charge on any atom is -0.341 e. The number of nitrogens with one attached hydrogen (secondary N) is 1. The van der Waals surface area contributed by atoms with Gasteiger partial charge in [0, 0.05) is 43.7 Å². The molecule has 174 valence electrons. The lowest BCUT2D eigenvalue weighted by molar-refractivity contribution is 0.0592. The van der Waals surface area contributed by atoms with Crippen LogP contribution >= 0.6 is 0 Å². The molecule has 1 aliphatic rings. The standard InChI is InChI=1S/C24H25FN8O/c1-15-11-26-24(29-21-7-8-27-31(21)3)30-22(15)17-9-20-23(34)33(16(2)12-32(20)13-17)14-19-6-4-5-18(10-25)28-19/h4-9,11,13,16H,10,12,14H2,1-3H3,(H,26,29,30)/t16-/m0/s1. The molecular formula is C24H25FN8O. The van der Waals surface area contributed by atoms with Gasteiger partial charge in [0.15, 0.2) is 0 Å². The van der Waals surface area contributed by atoms with Crippen molar-refractivity contribution >= 4 is 17.7 Å². The Bertz CT molecular complexity index is 1360. The molecule has 0 aliphatic carbocycles. The number of aromatic nitrogens is 6. The molecule has 0 bridgehead atoms. The Morgan fingerprint density at radius 3 is 2.79 bits per heavy atom. The minimum atomic E-state index is -0.626. The van der Waals surface area contributed by atoms with Gasteiger partial charge in [0.1, 0.15) is 18.2 Å². The lowest BCUT2D eigenvalue weighted by atomic mass is 10.1. The fraction of sp³-hybridized carbons (Fsp3) is 0.292. The summed E-state index contributed by atoms with van der Waals surface area (Å²) in [4.78, 5) is 28.6. The first-order chi connectivity index (χ1) is 16.4. The third-order valence-corrected chi connectivity index (χ3v) is 6.01. The number of aryl methyl sites for hydroxylation is 2. The lowest BCUT2D eigenvalue weighted by Crippen LogP contribution is -2.45. The van der Waals surface area contributed by atoms with E-state index in [0.29, 0.717) is 36.1 Å². The first kappa shape index (κ1) is 21.7. The fourth-order valence-electron chi connectivity index (χ4n) is 4.20. The molecule has 1 atom stereocenters. The van der Waals surface area contributed by atoms with Gasteiger partial charge in [-0.3, -0.25) is 14.5 Å². The molecule has 10 heteroatoms. The van der Waals surface area contributed by atoms with Crippen molar-refractivity contribution in [1.29, 1.82) is 0 Å². The maximum absolute atomic E-state index is 13.4. The summed E-state index contributed by atoms with van der Waals surface area (Å²) in [6, 6.07) is 8.90. The molecule has 5 rings (SSSR count). The minimum absolute atomic E-state index is 0.0374. The maximum Gasteiger partial charge on any atom is 0.271 e. The van der Waals surface area contributed by atoms with E-state index in [1.807, 2.05) is 49.9 Å². The molecule has 0 saturated carbocycles. The average Bonchev–Trinajstić information content (AvgIpc) is 3.44. The zero-order valence-corrected chi connectivity index (χ0v) is 19.2. The van der Waals surface area contributed by atoms with E-state index in [4.69, 9.17) is 4.98 Å². The Morgan fingerprint density at radius 1 is 1.21 bits per heavy atom. The molecule has 1 amide bonds. The van der Waals surface area contributed by atoms with Gasteiger partial charge in [0.25, 0.3) is 5.91 Å². The van der Waals surface area contributed by atoms with Gasteiger partial charge in [-0.25, -0.2) is 14.4 Å². The highest BCUT2D eigenvalue weighted by molar-refractivity contribution is 5.95. The molecule has 34 heavy (non-hydrogen) atoms. The second-order valence-electron chi connectivity index (χ2n) is 8.49. The second-order valence-corrected chi connectivity index (χ2v) is 8.49. The summed E-state index contributed by atoms with van der Waals surface area (Å²) < 4.78 is 16.7. The number of carbonyl (C=O) groups is 1. The quantitative estimate of drug-likeness (QED) is 0.472. The molecule has 1 aliphatic heterocycles. The van der Waals surface area contributed by atoms with Gasteiger partial charge < -0.3 is 14.8 Å². The number of amides is 1. The van der Waals surface area contributed by atoms with Crippen LogP contribution in [0.25, 0.3) is 11.3 Å². The van der Waals surface area contributed by atoms with Gasteiger partial charge in [-0.1, -0.05) is 6.07 Å². The molecule has 0 aromatic carbocycles. The number of anilines is 2. The smallest absolute Gasteiger partial charge is 0.271 e. The number of hydrogen-bond acceptors (Lipinski definition) is 6. The topological polar surface area (TPSA) is 93.8 Å². The van der Waals surface area contributed by atoms with Crippen molar-refractivity contribution in [3.05, 3.63) is 71.6 Å². The SMILES string of the molecule is Cc1cnc(Nc2ccnn2C)nc1-c1cc2n(c1)C[C@H](C)N(Cc1cccc(CF)n1)C2=O. The largest absolute Gasteiger partial charge is 0.341 e. The molecule has 1 N–H and O–H groups in total. The van der Waals surface area contributed by atoms with Crippen molar-refractivity contribution in [3.63, 3.8) is 0 Å². The van der Waals surface area contributed by atoms with Crippen LogP contribution in [0.4, 0.5) is 16.2 Å². The molecule has 0 saturated heterocycles. The van der Waals surface area contributed by atoms with Gasteiger partial charge in [0.2, 0.25) is 5.95 Å². The van der Waals surface area contributed by atoms with Crippen LogP contribution in [0.1, 0.15) is 34.4 Å². The Kier molecular flexibility index (Phi) is 5.56. The van der Waals surface area contributed by atoms with E-state index in [1.165, 1.54) is 0 Å². The molecule has 5 heterocycles. The highest BCUT2D eigenvalue weighted by Crippen LogP contribution is 2.29. The molecule has 9 nitrogen and oxygen atoms in total. The van der Waals surface area contributed by atoms with Crippen LogP contribution < -0.4 is 5.32 Å². The molecule has 4 aromatic heterocycles. The summed E-state index contributed by atoms with van der Waals surface area (Å²) in [5.74, 6) is 1.14. The van der Waals surface area contributed by atoms with Crippen molar-refractivity contribution in [2.75, 3.05) is 5.32 Å².